The molecule has 0 saturated carbocycles. The van der Waals surface area contributed by atoms with Gasteiger partial charge >= 0.3 is 39.5 Å². The number of phosphoric acid groups is 2. The lowest BCUT2D eigenvalue weighted by molar-refractivity contribution is -0.161. The normalized spacial score (nSPS) is 14.5. The molecule has 0 aliphatic carbocycles. The zero-order chi connectivity index (χ0) is 63.5. The van der Waals surface area contributed by atoms with E-state index in [9.17, 15) is 43.2 Å². The lowest BCUT2D eigenvalue weighted by Gasteiger charge is -2.21. The summed E-state index contributed by atoms with van der Waals surface area (Å²) in [5.41, 5.74) is 0. The quantitative estimate of drug-likeness (QED) is 0.0222. The monoisotopic (exact) mass is 1270 g/mol. The smallest absolute Gasteiger partial charge is 0.462 e. The van der Waals surface area contributed by atoms with Crippen molar-refractivity contribution in [2.45, 2.75) is 361 Å². The topological polar surface area (TPSA) is 237 Å². The van der Waals surface area contributed by atoms with E-state index >= 15 is 0 Å². The van der Waals surface area contributed by atoms with E-state index in [0.717, 1.165) is 109 Å². The van der Waals surface area contributed by atoms with Crippen molar-refractivity contribution >= 4 is 39.5 Å². The average molecular weight is 1270 g/mol. The molecule has 0 bridgehead atoms. The lowest BCUT2D eigenvalue weighted by atomic mass is 9.99. The Bertz CT molecular complexity index is 1670. The fraction of sp³-hybridized carbons (Fsp3) is 0.940. The maximum Gasteiger partial charge on any atom is 0.472 e. The van der Waals surface area contributed by atoms with Crippen LogP contribution in [0.15, 0.2) is 0 Å². The summed E-state index contributed by atoms with van der Waals surface area (Å²) < 4.78 is 68.0. The second kappa shape index (κ2) is 60.6. The molecule has 0 amide bonds. The lowest BCUT2D eigenvalue weighted by Crippen LogP contribution is -2.30. The minimum absolute atomic E-state index is 0.105. The number of hydrogen-bond acceptors (Lipinski definition) is 15. The van der Waals surface area contributed by atoms with Crippen LogP contribution in [0.5, 0.6) is 0 Å². The van der Waals surface area contributed by atoms with E-state index < -0.39 is 97.5 Å². The Morgan fingerprint density at radius 2 is 0.558 bits per heavy atom. The number of ether oxygens (including phenoxy) is 4. The minimum atomic E-state index is -4.95. The van der Waals surface area contributed by atoms with Gasteiger partial charge in [-0.3, -0.25) is 37.3 Å². The summed E-state index contributed by atoms with van der Waals surface area (Å²) in [5, 5.41) is 10.5. The molecule has 6 atom stereocenters. The molecule has 0 heterocycles. The molecule has 0 aromatic heterocycles. The predicted molar refractivity (Wildman–Crippen MR) is 345 cm³/mol. The van der Waals surface area contributed by atoms with E-state index in [-0.39, 0.29) is 25.7 Å². The van der Waals surface area contributed by atoms with Crippen LogP contribution in [0.25, 0.3) is 0 Å². The van der Waals surface area contributed by atoms with Gasteiger partial charge in [-0.15, -0.1) is 0 Å². The van der Waals surface area contributed by atoms with Crippen molar-refractivity contribution in [1.82, 2.24) is 0 Å². The second-order valence-corrected chi connectivity index (χ2v) is 27.4. The van der Waals surface area contributed by atoms with Crippen molar-refractivity contribution in [3.05, 3.63) is 0 Å². The molecule has 0 aromatic carbocycles. The Morgan fingerprint density at radius 1 is 0.326 bits per heavy atom. The molecule has 3 unspecified atom stereocenters. The number of phosphoric ester groups is 2. The Kier molecular flexibility index (Phi) is 59.2. The van der Waals surface area contributed by atoms with Gasteiger partial charge in [0.1, 0.15) is 19.3 Å². The summed E-state index contributed by atoms with van der Waals surface area (Å²) in [6, 6.07) is 0. The Morgan fingerprint density at radius 3 is 0.826 bits per heavy atom. The fourth-order valence-corrected chi connectivity index (χ4v) is 11.7. The van der Waals surface area contributed by atoms with E-state index in [1.165, 1.54) is 154 Å². The number of carbonyl (C=O) groups excluding carboxylic acids is 4. The van der Waals surface area contributed by atoms with Gasteiger partial charge in [-0.05, 0) is 31.6 Å². The highest BCUT2D eigenvalue weighted by molar-refractivity contribution is 7.47. The van der Waals surface area contributed by atoms with E-state index in [1.807, 2.05) is 0 Å². The molecule has 0 aliphatic rings. The average Bonchev–Trinajstić information content (AvgIpc) is 3.51. The summed E-state index contributed by atoms with van der Waals surface area (Å²) in [6.07, 6.45) is 45.8. The SMILES string of the molecule is CCCCCCCCCCCCCCCCCCC(=O)O[C@H](COC(=O)CCCCCCCCCCCCC(C)CC)COP(=O)(O)OC[C@@H](O)COP(=O)(O)OC[C@@H](COC(=O)CCCCCCCCCC)OC(=O)CCCCCCCCCC. The van der Waals surface area contributed by atoms with Gasteiger partial charge in [-0.1, -0.05) is 291 Å². The number of rotatable bonds is 67. The third-order valence-corrected chi connectivity index (χ3v) is 17.8. The van der Waals surface area contributed by atoms with E-state index in [4.69, 9.17) is 37.0 Å². The molecule has 0 spiro atoms. The van der Waals surface area contributed by atoms with Crippen LogP contribution in [0.4, 0.5) is 0 Å². The molecule has 86 heavy (non-hydrogen) atoms. The van der Waals surface area contributed by atoms with E-state index in [0.29, 0.717) is 25.7 Å². The molecule has 19 heteroatoms. The zero-order valence-electron chi connectivity index (χ0n) is 55.4. The van der Waals surface area contributed by atoms with Gasteiger partial charge < -0.3 is 33.8 Å². The molecule has 0 aromatic rings. The minimum Gasteiger partial charge on any atom is -0.462 e. The molecule has 3 N–H and O–H groups in total. The molecule has 0 radical (unpaired) electrons. The summed E-state index contributed by atoms with van der Waals surface area (Å²) in [5.74, 6) is -1.32. The number of esters is 4. The van der Waals surface area contributed by atoms with Gasteiger partial charge in [-0.2, -0.15) is 0 Å². The fourth-order valence-electron chi connectivity index (χ4n) is 10.1. The van der Waals surface area contributed by atoms with Crippen molar-refractivity contribution in [2.24, 2.45) is 5.92 Å². The Hall–Kier alpha value is -1.94. The first-order valence-electron chi connectivity index (χ1n) is 35.2. The van der Waals surface area contributed by atoms with Gasteiger partial charge in [0.05, 0.1) is 26.4 Å². The number of carbonyl (C=O) groups is 4. The molecule has 17 nitrogen and oxygen atoms in total. The predicted octanol–water partition coefficient (Wildman–Crippen LogP) is 19.0. The van der Waals surface area contributed by atoms with Crippen LogP contribution < -0.4 is 0 Å². The van der Waals surface area contributed by atoms with E-state index in [2.05, 4.69) is 34.6 Å². The zero-order valence-corrected chi connectivity index (χ0v) is 57.2. The van der Waals surface area contributed by atoms with Crippen LogP contribution >= 0.6 is 15.6 Å². The standard InChI is InChI=1S/C67H130O17P2/c1-6-10-13-16-19-22-23-24-25-26-27-28-33-38-43-48-53-67(72)84-63(57-78-65(70)51-46-41-37-32-30-29-31-34-39-44-49-60(5)9-4)59-82-86(75,76)80-55-61(68)54-79-85(73,74)81-58-62(83-66(71)52-47-42-36-21-18-15-12-8-3)56-77-64(69)50-45-40-35-20-17-14-11-7-2/h60-63,68H,6-59H2,1-5H3,(H,73,74)(H,75,76)/t60?,61-,62+,63+/m0/s1. The van der Waals surface area contributed by atoms with Crippen molar-refractivity contribution in [3.63, 3.8) is 0 Å². The highest BCUT2D eigenvalue weighted by atomic mass is 31.2. The van der Waals surface area contributed by atoms with Crippen LogP contribution in [-0.4, -0.2) is 96.7 Å². The molecule has 0 aliphatic heterocycles. The summed E-state index contributed by atoms with van der Waals surface area (Å²) in [4.78, 5) is 72.2. The van der Waals surface area contributed by atoms with Gasteiger partial charge in [0.2, 0.25) is 0 Å². The highest BCUT2D eigenvalue weighted by Crippen LogP contribution is 2.45. The second-order valence-electron chi connectivity index (χ2n) is 24.5. The number of hydrogen-bond donors (Lipinski definition) is 3. The summed E-state index contributed by atoms with van der Waals surface area (Å²) in [7, 11) is -9.89. The van der Waals surface area contributed by atoms with Crippen LogP contribution in [-0.2, 0) is 65.4 Å². The van der Waals surface area contributed by atoms with Crippen LogP contribution in [0, 0.1) is 5.92 Å². The van der Waals surface area contributed by atoms with E-state index in [1.54, 1.807) is 0 Å². The molecule has 0 saturated heterocycles. The summed E-state index contributed by atoms with van der Waals surface area (Å²) >= 11 is 0. The first-order chi connectivity index (χ1) is 41.6. The van der Waals surface area contributed by atoms with Gasteiger partial charge in [0.15, 0.2) is 12.2 Å². The third-order valence-electron chi connectivity index (χ3n) is 15.9. The maximum absolute atomic E-state index is 13.0. The molecular formula is C67H130O17P2. The largest absolute Gasteiger partial charge is 0.472 e. The molecule has 0 rings (SSSR count). The maximum atomic E-state index is 13.0. The van der Waals surface area contributed by atoms with Crippen LogP contribution in [0.3, 0.4) is 0 Å². The molecule has 510 valence electrons. The molecule has 0 fully saturated rings. The summed E-state index contributed by atoms with van der Waals surface area (Å²) in [6.45, 7) is 7.20. The van der Waals surface area contributed by atoms with Gasteiger partial charge in [-0.25, -0.2) is 9.13 Å². The first-order valence-corrected chi connectivity index (χ1v) is 38.2. The number of aliphatic hydroxyl groups is 1. The van der Waals surface area contributed by atoms with Crippen LogP contribution in [0.1, 0.15) is 343 Å². The Labute approximate surface area is 524 Å². The third kappa shape index (κ3) is 59.7. The number of aliphatic hydroxyl groups excluding tert-OH is 1. The van der Waals surface area contributed by atoms with Crippen molar-refractivity contribution < 1.29 is 80.2 Å². The van der Waals surface area contributed by atoms with Crippen molar-refractivity contribution in [3.8, 4) is 0 Å². The van der Waals surface area contributed by atoms with Gasteiger partial charge in [0.25, 0.3) is 0 Å². The molecular weight excluding hydrogens is 1140 g/mol. The van der Waals surface area contributed by atoms with Crippen molar-refractivity contribution in [1.29, 1.82) is 0 Å². The Balaban J connectivity index is 5.20. The van der Waals surface area contributed by atoms with Gasteiger partial charge in [0, 0.05) is 25.7 Å². The highest BCUT2D eigenvalue weighted by Gasteiger charge is 2.30. The first kappa shape index (κ1) is 84.1. The van der Waals surface area contributed by atoms with Crippen molar-refractivity contribution in [2.75, 3.05) is 39.6 Å². The number of unbranched alkanes of at least 4 members (excludes halogenated alkanes) is 38. The van der Waals surface area contributed by atoms with Crippen LogP contribution in [0.2, 0.25) is 0 Å².